The van der Waals surface area contributed by atoms with E-state index in [1.807, 2.05) is 0 Å². The molecule has 2 saturated carbocycles. The van der Waals surface area contributed by atoms with Gasteiger partial charge in [-0.3, -0.25) is 9.59 Å². The van der Waals surface area contributed by atoms with Crippen molar-refractivity contribution in [2.45, 2.75) is 45.4 Å². The molecule has 0 heterocycles. The second-order valence-corrected chi connectivity index (χ2v) is 5.70. The Morgan fingerprint density at radius 2 is 1.94 bits per heavy atom. The van der Waals surface area contributed by atoms with E-state index in [1.54, 1.807) is 6.92 Å². The van der Waals surface area contributed by atoms with Gasteiger partial charge in [0.15, 0.2) is 0 Å². The highest BCUT2D eigenvalue weighted by Gasteiger charge is 2.38. The molecule has 3 unspecified atom stereocenters. The summed E-state index contributed by atoms with van der Waals surface area (Å²) in [7, 11) is 0. The molecule has 2 aliphatic rings. The molecule has 102 valence electrons. The van der Waals surface area contributed by atoms with Crippen LogP contribution in [0.2, 0.25) is 0 Å². The van der Waals surface area contributed by atoms with Crippen LogP contribution >= 0.6 is 0 Å². The molecule has 2 bridgehead atoms. The Hall–Kier alpha value is -1.06. The Balaban J connectivity index is 1.55. The molecule has 2 N–H and O–H groups in total. The van der Waals surface area contributed by atoms with Gasteiger partial charge in [0.25, 0.3) is 0 Å². The molecule has 0 aliphatic heterocycles. The van der Waals surface area contributed by atoms with E-state index in [-0.39, 0.29) is 18.4 Å². The number of carbonyl (C=O) groups excluding carboxylic acids is 2. The van der Waals surface area contributed by atoms with Gasteiger partial charge in [-0.25, -0.2) is 0 Å². The van der Waals surface area contributed by atoms with E-state index in [1.165, 1.54) is 25.7 Å². The minimum Gasteiger partial charge on any atom is -0.355 e. The summed E-state index contributed by atoms with van der Waals surface area (Å²) in [5.74, 6) is 2.58. The van der Waals surface area contributed by atoms with E-state index >= 15 is 0 Å². The first-order valence-electron chi connectivity index (χ1n) is 7.22. The van der Waals surface area contributed by atoms with Crippen molar-refractivity contribution >= 4 is 11.8 Å². The van der Waals surface area contributed by atoms with Crippen LogP contribution in [0.3, 0.4) is 0 Å². The van der Waals surface area contributed by atoms with Crippen LogP contribution in [-0.4, -0.2) is 24.9 Å². The number of fused-ring (bicyclic) bond motifs is 2. The second kappa shape index (κ2) is 6.21. The van der Waals surface area contributed by atoms with E-state index in [0.717, 1.165) is 30.7 Å². The third kappa shape index (κ3) is 3.47. The van der Waals surface area contributed by atoms with Crippen LogP contribution in [0.15, 0.2) is 0 Å². The average molecular weight is 252 g/mol. The summed E-state index contributed by atoms with van der Waals surface area (Å²) < 4.78 is 0. The number of hydrogen-bond acceptors (Lipinski definition) is 2. The largest absolute Gasteiger partial charge is 0.355 e. The zero-order valence-corrected chi connectivity index (χ0v) is 11.2. The first kappa shape index (κ1) is 13.4. The van der Waals surface area contributed by atoms with Crippen LogP contribution in [0.5, 0.6) is 0 Å². The highest BCUT2D eigenvalue weighted by Crippen LogP contribution is 2.49. The SMILES string of the molecule is CCC(=O)NCC(=O)NCCC1CC2CCC1C2. The summed E-state index contributed by atoms with van der Waals surface area (Å²) >= 11 is 0. The van der Waals surface area contributed by atoms with Gasteiger partial charge in [-0.05, 0) is 43.4 Å². The second-order valence-electron chi connectivity index (χ2n) is 5.70. The average Bonchev–Trinajstić information content (AvgIpc) is 2.98. The molecular formula is C14H24N2O2. The van der Waals surface area contributed by atoms with Crippen LogP contribution in [0, 0.1) is 17.8 Å². The number of nitrogens with one attached hydrogen (secondary N) is 2. The van der Waals surface area contributed by atoms with Crippen LogP contribution < -0.4 is 10.6 Å². The molecule has 4 nitrogen and oxygen atoms in total. The Morgan fingerprint density at radius 3 is 2.56 bits per heavy atom. The maximum Gasteiger partial charge on any atom is 0.239 e. The van der Waals surface area contributed by atoms with Gasteiger partial charge in [0.1, 0.15) is 0 Å². The molecule has 0 aromatic carbocycles. The first-order valence-corrected chi connectivity index (χ1v) is 7.22. The first-order chi connectivity index (χ1) is 8.69. The lowest BCUT2D eigenvalue weighted by Gasteiger charge is -2.21. The van der Waals surface area contributed by atoms with Gasteiger partial charge in [0, 0.05) is 13.0 Å². The number of hydrogen-bond donors (Lipinski definition) is 2. The smallest absolute Gasteiger partial charge is 0.239 e. The maximum absolute atomic E-state index is 11.5. The minimum atomic E-state index is -0.0711. The molecule has 4 heteroatoms. The summed E-state index contributed by atoms with van der Waals surface area (Å²) in [6.45, 7) is 2.65. The number of amides is 2. The topological polar surface area (TPSA) is 58.2 Å². The zero-order chi connectivity index (χ0) is 13.0. The summed E-state index contributed by atoms with van der Waals surface area (Å²) in [5.41, 5.74) is 0. The van der Waals surface area contributed by atoms with E-state index in [2.05, 4.69) is 10.6 Å². The number of rotatable bonds is 6. The highest BCUT2D eigenvalue weighted by atomic mass is 16.2. The predicted molar refractivity (Wildman–Crippen MR) is 69.9 cm³/mol. The Bertz CT molecular complexity index is 317. The van der Waals surface area contributed by atoms with Crippen molar-refractivity contribution in [2.75, 3.05) is 13.1 Å². The minimum absolute atomic E-state index is 0.0695. The highest BCUT2D eigenvalue weighted by molar-refractivity contribution is 5.84. The fourth-order valence-electron chi connectivity index (χ4n) is 3.49. The van der Waals surface area contributed by atoms with Crippen molar-refractivity contribution in [3.05, 3.63) is 0 Å². The predicted octanol–water partition coefficient (Wildman–Crippen LogP) is 1.46. The van der Waals surface area contributed by atoms with Gasteiger partial charge in [0.05, 0.1) is 6.54 Å². The van der Waals surface area contributed by atoms with Crippen LogP contribution in [-0.2, 0) is 9.59 Å². The van der Waals surface area contributed by atoms with Crippen molar-refractivity contribution in [3.8, 4) is 0 Å². The molecule has 2 amide bonds. The summed E-state index contributed by atoms with van der Waals surface area (Å²) in [6, 6.07) is 0. The van der Waals surface area contributed by atoms with Crippen LogP contribution in [0.1, 0.15) is 45.4 Å². The zero-order valence-electron chi connectivity index (χ0n) is 11.2. The molecule has 0 radical (unpaired) electrons. The molecule has 2 fully saturated rings. The summed E-state index contributed by atoms with van der Waals surface area (Å²) in [4.78, 5) is 22.5. The van der Waals surface area contributed by atoms with Crippen molar-refractivity contribution in [1.82, 2.24) is 10.6 Å². The molecule has 3 atom stereocenters. The third-order valence-corrected chi connectivity index (χ3v) is 4.49. The van der Waals surface area contributed by atoms with E-state index in [0.29, 0.717) is 6.42 Å². The Morgan fingerprint density at radius 1 is 1.11 bits per heavy atom. The quantitative estimate of drug-likeness (QED) is 0.752. The lowest BCUT2D eigenvalue weighted by Crippen LogP contribution is -2.37. The third-order valence-electron chi connectivity index (χ3n) is 4.49. The van der Waals surface area contributed by atoms with Gasteiger partial charge in [-0.2, -0.15) is 0 Å². The fraction of sp³-hybridized carbons (Fsp3) is 0.857. The molecule has 2 aliphatic carbocycles. The van der Waals surface area contributed by atoms with E-state index in [9.17, 15) is 9.59 Å². The molecule has 0 aromatic rings. The van der Waals surface area contributed by atoms with Crippen LogP contribution in [0.4, 0.5) is 0 Å². The molecular weight excluding hydrogens is 228 g/mol. The Kier molecular flexibility index (Phi) is 4.61. The van der Waals surface area contributed by atoms with Crippen molar-refractivity contribution in [3.63, 3.8) is 0 Å². The van der Waals surface area contributed by atoms with Crippen molar-refractivity contribution in [2.24, 2.45) is 17.8 Å². The monoisotopic (exact) mass is 252 g/mol. The lowest BCUT2D eigenvalue weighted by molar-refractivity contribution is -0.125. The standard InChI is InChI=1S/C14H24N2O2/c1-2-13(17)16-9-14(18)15-6-5-12-8-10-3-4-11(12)7-10/h10-12H,2-9H2,1H3,(H,15,18)(H,16,17). The molecule has 2 rings (SSSR count). The Labute approximate surface area is 109 Å². The normalized spacial score (nSPS) is 29.3. The molecule has 0 spiro atoms. The molecule has 0 saturated heterocycles. The van der Waals surface area contributed by atoms with Gasteiger partial charge in [0.2, 0.25) is 11.8 Å². The van der Waals surface area contributed by atoms with Crippen molar-refractivity contribution < 1.29 is 9.59 Å². The summed E-state index contributed by atoms with van der Waals surface area (Å²) in [6.07, 6.45) is 7.15. The lowest BCUT2D eigenvalue weighted by atomic mass is 9.86. The maximum atomic E-state index is 11.5. The van der Waals surface area contributed by atoms with Crippen LogP contribution in [0.25, 0.3) is 0 Å². The fourth-order valence-corrected chi connectivity index (χ4v) is 3.49. The van der Waals surface area contributed by atoms with Gasteiger partial charge in [-0.1, -0.05) is 13.3 Å². The van der Waals surface area contributed by atoms with Gasteiger partial charge in [-0.15, -0.1) is 0 Å². The van der Waals surface area contributed by atoms with Crippen molar-refractivity contribution in [1.29, 1.82) is 0 Å². The molecule has 18 heavy (non-hydrogen) atoms. The van der Waals surface area contributed by atoms with E-state index < -0.39 is 0 Å². The number of carbonyl (C=O) groups is 2. The van der Waals surface area contributed by atoms with Gasteiger partial charge >= 0.3 is 0 Å². The van der Waals surface area contributed by atoms with Gasteiger partial charge < -0.3 is 10.6 Å². The summed E-state index contributed by atoms with van der Waals surface area (Å²) in [5, 5.41) is 5.48. The molecule has 0 aromatic heterocycles. The van der Waals surface area contributed by atoms with E-state index in [4.69, 9.17) is 0 Å².